The van der Waals surface area contributed by atoms with Crippen LogP contribution < -0.4 is 15.4 Å². The number of nitrogens with zero attached hydrogens (tertiary/aromatic N) is 2. The van der Waals surface area contributed by atoms with Crippen molar-refractivity contribution in [2.24, 2.45) is 0 Å². The third-order valence-corrected chi connectivity index (χ3v) is 4.00. The van der Waals surface area contributed by atoms with E-state index in [4.69, 9.17) is 17.0 Å². The standard InChI is InChI=1S/C21H20N4O2S/c1-14-12-15(2)23-20(22-14)25-21(28)24-19(26)17-8-10-18(11-9-17)27-13-16-6-4-3-5-7-16/h3-12H,13H2,1-2H3,(H2,22,23,24,25,26,28). The van der Waals surface area contributed by atoms with Gasteiger partial charge in [-0.05, 0) is 62.0 Å². The summed E-state index contributed by atoms with van der Waals surface area (Å²) in [5, 5.41) is 5.59. The number of hydrogen-bond donors (Lipinski definition) is 2. The normalized spacial score (nSPS) is 10.2. The second-order valence-corrected chi connectivity index (χ2v) is 6.59. The predicted octanol–water partition coefficient (Wildman–Crippen LogP) is 3.80. The van der Waals surface area contributed by atoms with Gasteiger partial charge in [0.2, 0.25) is 5.95 Å². The van der Waals surface area contributed by atoms with Gasteiger partial charge < -0.3 is 10.1 Å². The summed E-state index contributed by atoms with van der Waals surface area (Å²) in [6.45, 7) is 4.20. The van der Waals surface area contributed by atoms with Crippen molar-refractivity contribution in [3.05, 3.63) is 83.2 Å². The highest BCUT2D eigenvalue weighted by atomic mass is 32.1. The number of rotatable bonds is 5. The van der Waals surface area contributed by atoms with Crippen LogP contribution in [-0.2, 0) is 6.61 Å². The number of aryl methyl sites for hydroxylation is 2. The van der Waals surface area contributed by atoms with Gasteiger partial charge in [0.05, 0.1) is 0 Å². The van der Waals surface area contributed by atoms with Crippen molar-refractivity contribution in [1.82, 2.24) is 15.3 Å². The Kier molecular flexibility index (Phi) is 6.29. The van der Waals surface area contributed by atoms with Gasteiger partial charge in [-0.25, -0.2) is 9.97 Å². The largest absolute Gasteiger partial charge is 0.489 e. The van der Waals surface area contributed by atoms with E-state index < -0.39 is 0 Å². The van der Waals surface area contributed by atoms with E-state index in [2.05, 4.69) is 20.6 Å². The molecule has 0 unspecified atom stereocenters. The number of nitrogens with one attached hydrogen (secondary N) is 2. The van der Waals surface area contributed by atoms with E-state index in [1.165, 1.54) is 0 Å². The quantitative estimate of drug-likeness (QED) is 0.643. The Morgan fingerprint density at radius 1 is 1.00 bits per heavy atom. The lowest BCUT2D eigenvalue weighted by Gasteiger charge is -2.10. The van der Waals surface area contributed by atoms with E-state index in [0.717, 1.165) is 17.0 Å². The number of hydrogen-bond acceptors (Lipinski definition) is 5. The van der Waals surface area contributed by atoms with Crippen molar-refractivity contribution in [3.8, 4) is 5.75 Å². The Bertz CT molecular complexity index is 955. The monoisotopic (exact) mass is 392 g/mol. The Morgan fingerprint density at radius 2 is 1.64 bits per heavy atom. The van der Waals surface area contributed by atoms with Crippen LogP contribution in [-0.4, -0.2) is 21.0 Å². The summed E-state index contributed by atoms with van der Waals surface area (Å²) in [5.41, 5.74) is 3.18. The number of benzene rings is 2. The molecule has 0 bridgehead atoms. The van der Waals surface area contributed by atoms with Crippen molar-refractivity contribution in [1.29, 1.82) is 0 Å². The van der Waals surface area contributed by atoms with E-state index in [1.54, 1.807) is 24.3 Å². The van der Waals surface area contributed by atoms with Crippen LogP contribution in [0.4, 0.5) is 5.95 Å². The van der Waals surface area contributed by atoms with Gasteiger partial charge in [-0.1, -0.05) is 30.3 Å². The molecule has 0 radical (unpaired) electrons. The van der Waals surface area contributed by atoms with Crippen molar-refractivity contribution >= 4 is 29.2 Å². The van der Waals surface area contributed by atoms with Gasteiger partial charge >= 0.3 is 0 Å². The molecule has 0 saturated heterocycles. The molecular formula is C21H20N4O2S. The summed E-state index contributed by atoms with van der Waals surface area (Å²) in [6.07, 6.45) is 0. The van der Waals surface area contributed by atoms with Crippen LogP contribution in [0.2, 0.25) is 0 Å². The first-order valence-electron chi connectivity index (χ1n) is 8.71. The summed E-state index contributed by atoms with van der Waals surface area (Å²) in [4.78, 5) is 20.8. The maximum Gasteiger partial charge on any atom is 0.257 e. The van der Waals surface area contributed by atoms with Crippen LogP contribution in [0.15, 0.2) is 60.7 Å². The molecule has 2 N–H and O–H groups in total. The molecule has 3 aromatic rings. The maximum atomic E-state index is 12.3. The van der Waals surface area contributed by atoms with Crippen LogP contribution in [0.3, 0.4) is 0 Å². The molecule has 7 heteroatoms. The molecule has 1 heterocycles. The number of anilines is 1. The maximum absolute atomic E-state index is 12.3. The molecule has 0 fully saturated rings. The van der Waals surface area contributed by atoms with Gasteiger partial charge in [0.25, 0.3) is 5.91 Å². The fourth-order valence-corrected chi connectivity index (χ4v) is 2.72. The molecule has 1 aromatic heterocycles. The summed E-state index contributed by atoms with van der Waals surface area (Å²) >= 11 is 5.17. The van der Waals surface area contributed by atoms with Crippen LogP contribution in [0, 0.1) is 13.8 Å². The van der Waals surface area contributed by atoms with Gasteiger partial charge in [-0.15, -0.1) is 0 Å². The number of carbonyl (C=O) groups is 1. The average Bonchev–Trinajstić information content (AvgIpc) is 2.66. The zero-order chi connectivity index (χ0) is 19.9. The minimum Gasteiger partial charge on any atom is -0.489 e. The minimum absolute atomic E-state index is 0.138. The summed E-state index contributed by atoms with van der Waals surface area (Å²) < 4.78 is 5.72. The highest BCUT2D eigenvalue weighted by Crippen LogP contribution is 2.14. The SMILES string of the molecule is Cc1cc(C)nc(NC(=S)NC(=O)c2ccc(OCc3ccccc3)cc2)n1. The lowest BCUT2D eigenvalue weighted by atomic mass is 10.2. The predicted molar refractivity (Wildman–Crippen MR) is 112 cm³/mol. The highest BCUT2D eigenvalue weighted by molar-refractivity contribution is 7.80. The number of amides is 1. The van der Waals surface area contributed by atoms with E-state index in [9.17, 15) is 4.79 Å². The first-order valence-corrected chi connectivity index (χ1v) is 9.12. The van der Waals surface area contributed by atoms with Gasteiger partial charge in [-0.3, -0.25) is 10.1 Å². The van der Waals surface area contributed by atoms with Crippen molar-refractivity contribution < 1.29 is 9.53 Å². The first-order chi connectivity index (χ1) is 13.5. The summed E-state index contributed by atoms with van der Waals surface area (Å²) in [5.74, 6) is 0.716. The van der Waals surface area contributed by atoms with Crippen LogP contribution in [0.5, 0.6) is 5.75 Å². The molecule has 142 valence electrons. The Hall–Kier alpha value is -3.32. The van der Waals surface area contributed by atoms with Crippen LogP contribution >= 0.6 is 12.2 Å². The fourth-order valence-electron chi connectivity index (χ4n) is 2.53. The van der Waals surface area contributed by atoms with Gasteiger partial charge in [0.15, 0.2) is 5.11 Å². The number of aromatic nitrogens is 2. The van der Waals surface area contributed by atoms with Crippen LogP contribution in [0.25, 0.3) is 0 Å². The zero-order valence-corrected chi connectivity index (χ0v) is 16.4. The van der Waals surface area contributed by atoms with Crippen LogP contribution in [0.1, 0.15) is 27.3 Å². The van der Waals surface area contributed by atoms with Crippen molar-refractivity contribution in [2.45, 2.75) is 20.5 Å². The van der Waals surface area contributed by atoms with Crippen molar-refractivity contribution in [2.75, 3.05) is 5.32 Å². The second kappa shape index (κ2) is 9.05. The third-order valence-electron chi connectivity index (χ3n) is 3.80. The number of ether oxygens (including phenoxy) is 1. The second-order valence-electron chi connectivity index (χ2n) is 6.18. The molecule has 6 nitrogen and oxygen atoms in total. The smallest absolute Gasteiger partial charge is 0.257 e. The zero-order valence-electron chi connectivity index (χ0n) is 15.6. The molecule has 2 aromatic carbocycles. The molecule has 0 aliphatic carbocycles. The Morgan fingerprint density at radius 3 is 2.29 bits per heavy atom. The lowest BCUT2D eigenvalue weighted by Crippen LogP contribution is -2.34. The van der Waals surface area contributed by atoms with E-state index in [1.807, 2.05) is 50.2 Å². The number of thiocarbonyl (C=S) groups is 1. The first kappa shape index (κ1) is 19.4. The molecule has 0 saturated carbocycles. The average molecular weight is 392 g/mol. The molecule has 3 rings (SSSR count). The number of carbonyl (C=O) groups excluding carboxylic acids is 1. The van der Waals surface area contributed by atoms with Gasteiger partial charge in [0, 0.05) is 17.0 Å². The lowest BCUT2D eigenvalue weighted by molar-refractivity contribution is 0.0977. The summed E-state index contributed by atoms with van der Waals surface area (Å²) in [7, 11) is 0. The van der Waals surface area contributed by atoms with E-state index >= 15 is 0 Å². The molecular weight excluding hydrogens is 372 g/mol. The van der Waals surface area contributed by atoms with Gasteiger partial charge in [0.1, 0.15) is 12.4 Å². The Balaban J connectivity index is 1.54. The van der Waals surface area contributed by atoms with E-state index in [0.29, 0.717) is 23.9 Å². The highest BCUT2D eigenvalue weighted by Gasteiger charge is 2.09. The minimum atomic E-state index is -0.323. The molecule has 0 atom stereocenters. The molecule has 0 aliphatic heterocycles. The molecule has 28 heavy (non-hydrogen) atoms. The fraction of sp³-hybridized carbons (Fsp3) is 0.143. The molecule has 0 aliphatic rings. The van der Waals surface area contributed by atoms with Gasteiger partial charge in [-0.2, -0.15) is 0 Å². The third kappa shape index (κ3) is 5.59. The topological polar surface area (TPSA) is 76.1 Å². The Labute approximate surface area is 169 Å². The van der Waals surface area contributed by atoms with E-state index in [-0.39, 0.29) is 11.0 Å². The summed E-state index contributed by atoms with van der Waals surface area (Å²) in [6, 6.07) is 18.6. The molecule has 0 spiro atoms. The van der Waals surface area contributed by atoms with Crippen molar-refractivity contribution in [3.63, 3.8) is 0 Å². The molecule has 1 amide bonds.